The van der Waals surface area contributed by atoms with Crippen LogP contribution in [-0.2, 0) is 0 Å². The van der Waals surface area contributed by atoms with Crippen molar-refractivity contribution in [3.63, 3.8) is 0 Å². The van der Waals surface area contributed by atoms with Gasteiger partial charge in [0.15, 0.2) is 11.5 Å². The van der Waals surface area contributed by atoms with Gasteiger partial charge in [-0.3, -0.25) is 0 Å². The largest absolute Gasteiger partial charge is 0.357 e. The first kappa shape index (κ1) is 16.9. The number of hydrogen-bond donors (Lipinski definition) is 0. The first-order valence-electron chi connectivity index (χ1n) is 7.86. The molecule has 0 aliphatic heterocycles. The van der Waals surface area contributed by atoms with Crippen LogP contribution in [-0.4, -0.2) is 11.4 Å². The molecule has 0 bridgehead atoms. The first-order valence-corrected chi connectivity index (χ1v) is 8.68. The lowest BCUT2D eigenvalue weighted by molar-refractivity contribution is 0.341. The third-order valence-electron chi connectivity index (χ3n) is 3.38. The van der Waals surface area contributed by atoms with Crippen molar-refractivity contribution in [2.75, 3.05) is 0 Å². The van der Waals surface area contributed by atoms with Crippen molar-refractivity contribution >= 4 is 22.8 Å². The van der Waals surface area contributed by atoms with Crippen LogP contribution in [0.1, 0.15) is 23.6 Å². The van der Waals surface area contributed by atoms with Crippen LogP contribution in [0.5, 0.6) is 11.5 Å². The third-order valence-corrected chi connectivity index (χ3v) is 4.68. The molecule has 1 heterocycles. The van der Waals surface area contributed by atoms with Gasteiger partial charge >= 0.3 is 0 Å². The predicted molar refractivity (Wildman–Crippen MR) is 103 cm³/mol. The van der Waals surface area contributed by atoms with Gasteiger partial charge < -0.3 is 9.68 Å². The van der Waals surface area contributed by atoms with Gasteiger partial charge in [0, 0.05) is 0 Å². The van der Waals surface area contributed by atoms with E-state index < -0.39 is 0 Å². The SMILES string of the molecule is C/C(=N\Oc1ccccc1)c1ccc(/C(C)=N/Oc2ccccc2)s1. The minimum Gasteiger partial charge on any atom is -0.357 e. The molecule has 0 atom stereocenters. The van der Waals surface area contributed by atoms with Crippen LogP contribution >= 0.6 is 11.3 Å². The standard InChI is InChI=1S/C20H18N2O2S/c1-15(21-23-17-9-5-3-6-10-17)19-13-14-20(25-19)16(2)22-24-18-11-7-4-8-12-18/h3-14H,1-2H3/b21-15+,22-16+. The molecule has 25 heavy (non-hydrogen) atoms. The molecule has 0 unspecified atom stereocenters. The summed E-state index contributed by atoms with van der Waals surface area (Å²) in [4.78, 5) is 12.9. The Balaban J connectivity index is 1.66. The third kappa shape index (κ3) is 4.78. The maximum Gasteiger partial charge on any atom is 0.157 e. The summed E-state index contributed by atoms with van der Waals surface area (Å²) in [6, 6.07) is 23.0. The van der Waals surface area contributed by atoms with Crippen LogP contribution in [0.2, 0.25) is 0 Å². The maximum absolute atomic E-state index is 5.44. The quantitative estimate of drug-likeness (QED) is 0.444. The van der Waals surface area contributed by atoms with E-state index in [0.29, 0.717) is 11.5 Å². The van der Waals surface area contributed by atoms with Crippen LogP contribution in [0.4, 0.5) is 0 Å². The summed E-state index contributed by atoms with van der Waals surface area (Å²) in [7, 11) is 0. The Morgan fingerprint density at radius 1 is 0.640 bits per heavy atom. The highest BCUT2D eigenvalue weighted by molar-refractivity contribution is 7.16. The van der Waals surface area contributed by atoms with Crippen LogP contribution in [0.15, 0.2) is 83.1 Å². The van der Waals surface area contributed by atoms with Gasteiger partial charge in [-0.15, -0.1) is 11.3 Å². The zero-order valence-corrected chi connectivity index (χ0v) is 14.9. The molecule has 3 aromatic rings. The Hall–Kier alpha value is -2.92. The fourth-order valence-electron chi connectivity index (χ4n) is 2.02. The monoisotopic (exact) mass is 350 g/mol. The summed E-state index contributed by atoms with van der Waals surface area (Å²) in [6.07, 6.45) is 0. The second kappa shape index (κ2) is 8.26. The van der Waals surface area contributed by atoms with E-state index >= 15 is 0 Å². The molecule has 2 aromatic carbocycles. The highest BCUT2D eigenvalue weighted by Gasteiger charge is 2.07. The fourth-order valence-corrected chi connectivity index (χ4v) is 2.90. The summed E-state index contributed by atoms with van der Waals surface area (Å²) < 4.78 is 0. The second-order valence-electron chi connectivity index (χ2n) is 5.33. The normalized spacial score (nSPS) is 12.1. The summed E-state index contributed by atoms with van der Waals surface area (Å²) in [5.41, 5.74) is 1.63. The molecule has 4 nitrogen and oxygen atoms in total. The number of nitrogens with zero attached hydrogens (tertiary/aromatic N) is 2. The van der Waals surface area contributed by atoms with Crippen LogP contribution < -0.4 is 9.68 Å². The molecule has 126 valence electrons. The van der Waals surface area contributed by atoms with Crippen molar-refractivity contribution in [1.82, 2.24) is 0 Å². The topological polar surface area (TPSA) is 43.2 Å². The predicted octanol–water partition coefficient (Wildman–Crippen LogP) is 5.35. The van der Waals surface area contributed by atoms with Gasteiger partial charge in [-0.2, -0.15) is 0 Å². The Kier molecular flexibility index (Phi) is 5.59. The molecule has 0 aliphatic rings. The number of benzene rings is 2. The number of rotatable bonds is 6. The van der Waals surface area contributed by atoms with Gasteiger partial charge in [0.05, 0.1) is 21.2 Å². The van der Waals surface area contributed by atoms with Crippen LogP contribution in [0.3, 0.4) is 0 Å². The number of oxime groups is 2. The number of para-hydroxylation sites is 2. The van der Waals surface area contributed by atoms with Gasteiger partial charge in [-0.1, -0.05) is 46.7 Å². The van der Waals surface area contributed by atoms with E-state index in [1.54, 1.807) is 11.3 Å². The molecule has 0 N–H and O–H groups in total. The van der Waals surface area contributed by atoms with Crippen molar-refractivity contribution in [3.05, 3.63) is 82.6 Å². The zero-order valence-electron chi connectivity index (χ0n) is 14.0. The zero-order chi connectivity index (χ0) is 17.5. The fraction of sp³-hybridized carbons (Fsp3) is 0.100. The van der Waals surface area contributed by atoms with Crippen molar-refractivity contribution in [2.45, 2.75) is 13.8 Å². The first-order chi connectivity index (χ1) is 12.2. The Labute approximate surface area is 151 Å². The lowest BCUT2D eigenvalue weighted by Crippen LogP contribution is -1.96. The smallest absolute Gasteiger partial charge is 0.157 e. The summed E-state index contributed by atoms with van der Waals surface area (Å²) >= 11 is 1.60. The Morgan fingerprint density at radius 3 is 1.44 bits per heavy atom. The average Bonchev–Trinajstić information content (AvgIpc) is 3.16. The summed E-state index contributed by atoms with van der Waals surface area (Å²) in [5.74, 6) is 1.43. The van der Waals surface area contributed by atoms with Crippen LogP contribution in [0, 0.1) is 0 Å². The summed E-state index contributed by atoms with van der Waals surface area (Å²) in [5, 5.41) is 8.37. The Bertz CT molecular complexity index is 799. The molecular weight excluding hydrogens is 332 g/mol. The lowest BCUT2D eigenvalue weighted by atomic mass is 10.3. The van der Waals surface area contributed by atoms with E-state index in [2.05, 4.69) is 10.3 Å². The second-order valence-corrected chi connectivity index (χ2v) is 6.41. The molecule has 1 aromatic heterocycles. The van der Waals surface area contributed by atoms with E-state index in [4.69, 9.17) is 9.68 Å². The van der Waals surface area contributed by atoms with Gasteiger partial charge in [0.2, 0.25) is 0 Å². The molecule has 0 radical (unpaired) electrons. The molecule has 0 fully saturated rings. The van der Waals surface area contributed by atoms with Gasteiger partial charge in [-0.25, -0.2) is 0 Å². The van der Waals surface area contributed by atoms with Crippen molar-refractivity contribution in [2.24, 2.45) is 10.3 Å². The highest BCUT2D eigenvalue weighted by atomic mass is 32.1. The molecular formula is C20H18N2O2S. The van der Waals surface area contributed by atoms with Gasteiger partial charge in [0.1, 0.15) is 0 Å². The summed E-state index contributed by atoms with van der Waals surface area (Å²) in [6.45, 7) is 3.84. The molecule has 0 saturated carbocycles. The average molecular weight is 350 g/mol. The molecule has 3 rings (SSSR count). The van der Waals surface area contributed by atoms with Gasteiger partial charge in [0.25, 0.3) is 0 Å². The van der Waals surface area contributed by atoms with E-state index in [9.17, 15) is 0 Å². The molecule has 0 spiro atoms. The van der Waals surface area contributed by atoms with Crippen LogP contribution in [0.25, 0.3) is 0 Å². The lowest BCUT2D eigenvalue weighted by Gasteiger charge is -2.00. The van der Waals surface area contributed by atoms with E-state index in [1.807, 2.05) is 86.6 Å². The minimum atomic E-state index is 0.715. The molecule has 0 saturated heterocycles. The minimum absolute atomic E-state index is 0.715. The Morgan fingerprint density at radius 2 is 1.04 bits per heavy atom. The number of hydrogen-bond acceptors (Lipinski definition) is 5. The van der Waals surface area contributed by atoms with Gasteiger partial charge in [-0.05, 0) is 50.2 Å². The molecule has 5 heteroatoms. The van der Waals surface area contributed by atoms with E-state index in [1.165, 1.54) is 0 Å². The molecule has 0 aliphatic carbocycles. The highest BCUT2D eigenvalue weighted by Crippen LogP contribution is 2.20. The van der Waals surface area contributed by atoms with Crippen molar-refractivity contribution in [1.29, 1.82) is 0 Å². The van der Waals surface area contributed by atoms with E-state index in [-0.39, 0.29) is 0 Å². The number of thiophene rings is 1. The van der Waals surface area contributed by atoms with Crippen molar-refractivity contribution < 1.29 is 9.68 Å². The molecule has 0 amide bonds. The van der Waals surface area contributed by atoms with Crippen molar-refractivity contribution in [3.8, 4) is 11.5 Å². The maximum atomic E-state index is 5.44. The van der Waals surface area contributed by atoms with E-state index in [0.717, 1.165) is 21.2 Å².